The summed E-state index contributed by atoms with van der Waals surface area (Å²) >= 11 is 0. The number of carbonyl (C=O) groups is 1. The lowest BCUT2D eigenvalue weighted by atomic mass is 10.0. The lowest BCUT2D eigenvalue weighted by molar-refractivity contribution is 0.0733. The van der Waals surface area contributed by atoms with Gasteiger partial charge >= 0.3 is 5.97 Å². The molecule has 0 saturated heterocycles. The molecule has 0 spiro atoms. The SMILES string of the molecule is CCCc1cc2c(=O)c(-c3ccc4c(c3)OCCCO4)coc2cc1OC(=O)c1cccc(OC)c1. The van der Waals surface area contributed by atoms with Gasteiger partial charge in [-0.25, -0.2) is 4.79 Å². The molecule has 0 bridgehead atoms. The van der Waals surface area contributed by atoms with E-state index in [0.717, 1.165) is 18.4 Å². The molecule has 0 atom stereocenters. The Labute approximate surface area is 208 Å². The summed E-state index contributed by atoms with van der Waals surface area (Å²) in [7, 11) is 1.54. The van der Waals surface area contributed by atoms with Crippen molar-refractivity contribution in [1.29, 1.82) is 0 Å². The van der Waals surface area contributed by atoms with Crippen molar-refractivity contribution < 1.29 is 28.2 Å². The molecule has 0 N–H and O–H groups in total. The molecule has 0 aliphatic carbocycles. The van der Waals surface area contributed by atoms with Gasteiger partial charge in [0.15, 0.2) is 11.5 Å². The summed E-state index contributed by atoms with van der Waals surface area (Å²) in [5.74, 6) is 1.68. The van der Waals surface area contributed by atoms with Crippen LogP contribution in [-0.2, 0) is 6.42 Å². The van der Waals surface area contributed by atoms with Crippen molar-refractivity contribution in [2.75, 3.05) is 20.3 Å². The molecule has 36 heavy (non-hydrogen) atoms. The molecule has 184 valence electrons. The van der Waals surface area contributed by atoms with Crippen LogP contribution in [0.5, 0.6) is 23.0 Å². The number of carbonyl (C=O) groups excluding carboxylic acids is 1. The van der Waals surface area contributed by atoms with Crippen LogP contribution < -0.4 is 24.4 Å². The summed E-state index contributed by atoms with van der Waals surface area (Å²) < 4.78 is 28.3. The second kappa shape index (κ2) is 10.2. The van der Waals surface area contributed by atoms with Gasteiger partial charge in [0.2, 0.25) is 5.43 Å². The molecule has 1 aliphatic heterocycles. The summed E-state index contributed by atoms with van der Waals surface area (Å²) in [6.07, 6.45) is 3.66. The first-order valence-electron chi connectivity index (χ1n) is 11.9. The molecule has 1 aliphatic rings. The molecule has 5 rings (SSSR count). The number of esters is 1. The highest BCUT2D eigenvalue weighted by molar-refractivity contribution is 5.92. The molecule has 0 fully saturated rings. The van der Waals surface area contributed by atoms with Crippen molar-refractivity contribution in [3.63, 3.8) is 0 Å². The van der Waals surface area contributed by atoms with Crippen molar-refractivity contribution in [3.05, 3.63) is 82.2 Å². The van der Waals surface area contributed by atoms with Crippen molar-refractivity contribution in [2.24, 2.45) is 0 Å². The Bertz CT molecular complexity index is 1490. The largest absolute Gasteiger partial charge is 0.497 e. The lowest BCUT2D eigenvalue weighted by Crippen LogP contribution is -2.11. The lowest BCUT2D eigenvalue weighted by Gasteiger charge is -2.12. The fourth-order valence-corrected chi connectivity index (χ4v) is 4.20. The van der Waals surface area contributed by atoms with Crippen LogP contribution in [0.2, 0.25) is 0 Å². The van der Waals surface area contributed by atoms with Crippen LogP contribution in [0.25, 0.3) is 22.1 Å². The molecule has 3 aromatic carbocycles. The van der Waals surface area contributed by atoms with E-state index in [9.17, 15) is 9.59 Å². The van der Waals surface area contributed by atoms with Crippen molar-refractivity contribution in [3.8, 4) is 34.1 Å². The second-order valence-corrected chi connectivity index (χ2v) is 8.52. The van der Waals surface area contributed by atoms with E-state index < -0.39 is 5.97 Å². The smallest absolute Gasteiger partial charge is 0.343 e. The average molecular weight is 487 g/mol. The monoisotopic (exact) mass is 486 g/mol. The zero-order valence-electron chi connectivity index (χ0n) is 20.2. The average Bonchev–Trinajstić information content (AvgIpc) is 3.15. The summed E-state index contributed by atoms with van der Waals surface area (Å²) in [6, 6.07) is 15.6. The maximum atomic E-state index is 13.5. The highest BCUT2D eigenvalue weighted by Crippen LogP contribution is 2.34. The highest BCUT2D eigenvalue weighted by atomic mass is 16.5. The van der Waals surface area contributed by atoms with E-state index in [1.165, 1.54) is 13.4 Å². The van der Waals surface area contributed by atoms with Gasteiger partial charge in [0.05, 0.1) is 36.8 Å². The van der Waals surface area contributed by atoms with Gasteiger partial charge in [0, 0.05) is 12.5 Å². The maximum absolute atomic E-state index is 13.5. The molecular weight excluding hydrogens is 460 g/mol. The van der Waals surface area contributed by atoms with E-state index in [0.29, 0.717) is 70.3 Å². The Hall–Kier alpha value is -4.26. The standard InChI is InChI=1S/C29H26O7/c1-3-6-19-14-22-26(16-25(19)36-29(31)20-7-4-8-21(13-20)32-2)35-17-23(28(22)30)18-9-10-24-27(15-18)34-12-5-11-33-24/h4,7-10,13-17H,3,5-6,11-12H2,1-2H3. The van der Waals surface area contributed by atoms with Gasteiger partial charge in [-0.05, 0) is 53.9 Å². The third-order valence-electron chi connectivity index (χ3n) is 6.04. The first-order chi connectivity index (χ1) is 17.6. The predicted octanol–water partition coefficient (Wildman–Crippen LogP) is 5.80. The molecule has 7 heteroatoms. The number of ether oxygens (including phenoxy) is 4. The first-order valence-corrected chi connectivity index (χ1v) is 11.9. The van der Waals surface area contributed by atoms with Gasteiger partial charge in [-0.2, -0.15) is 0 Å². The molecule has 0 saturated carbocycles. The number of methoxy groups -OCH3 is 1. The normalized spacial score (nSPS) is 12.7. The molecule has 7 nitrogen and oxygen atoms in total. The fourth-order valence-electron chi connectivity index (χ4n) is 4.20. The van der Waals surface area contributed by atoms with Crippen LogP contribution in [0.1, 0.15) is 35.7 Å². The van der Waals surface area contributed by atoms with Gasteiger partial charge in [-0.1, -0.05) is 25.5 Å². The Morgan fingerprint density at radius 1 is 1.00 bits per heavy atom. The van der Waals surface area contributed by atoms with Gasteiger partial charge in [-0.3, -0.25) is 4.79 Å². The second-order valence-electron chi connectivity index (χ2n) is 8.52. The third kappa shape index (κ3) is 4.64. The first kappa shape index (κ1) is 23.5. The maximum Gasteiger partial charge on any atom is 0.343 e. The van der Waals surface area contributed by atoms with E-state index >= 15 is 0 Å². The van der Waals surface area contributed by atoms with E-state index in [4.69, 9.17) is 23.4 Å². The summed E-state index contributed by atoms with van der Waals surface area (Å²) in [6.45, 7) is 3.17. The molecule has 0 radical (unpaired) electrons. The predicted molar refractivity (Wildman–Crippen MR) is 135 cm³/mol. The summed E-state index contributed by atoms with van der Waals surface area (Å²) in [4.78, 5) is 26.3. The number of fused-ring (bicyclic) bond motifs is 2. The van der Waals surface area contributed by atoms with Crippen LogP contribution in [0.4, 0.5) is 0 Å². The van der Waals surface area contributed by atoms with Gasteiger partial charge in [0.25, 0.3) is 0 Å². The van der Waals surface area contributed by atoms with E-state index in [1.807, 2.05) is 19.1 Å². The highest BCUT2D eigenvalue weighted by Gasteiger charge is 2.18. The van der Waals surface area contributed by atoms with Crippen molar-refractivity contribution in [2.45, 2.75) is 26.2 Å². The molecule has 2 heterocycles. The third-order valence-corrected chi connectivity index (χ3v) is 6.04. The van der Waals surface area contributed by atoms with E-state index in [1.54, 1.807) is 42.5 Å². The van der Waals surface area contributed by atoms with Crippen LogP contribution in [0, 0.1) is 0 Å². The van der Waals surface area contributed by atoms with Crippen LogP contribution >= 0.6 is 0 Å². The quantitative estimate of drug-likeness (QED) is 0.251. The van der Waals surface area contributed by atoms with Crippen LogP contribution in [0.15, 0.2) is 70.1 Å². The minimum Gasteiger partial charge on any atom is -0.497 e. The van der Waals surface area contributed by atoms with Crippen molar-refractivity contribution in [1.82, 2.24) is 0 Å². The number of aryl methyl sites for hydroxylation is 1. The fraction of sp³-hybridized carbons (Fsp3) is 0.241. The zero-order chi connectivity index (χ0) is 25.1. The topological polar surface area (TPSA) is 84.2 Å². The van der Waals surface area contributed by atoms with Crippen LogP contribution in [-0.4, -0.2) is 26.3 Å². The minimum absolute atomic E-state index is 0.172. The summed E-state index contributed by atoms with van der Waals surface area (Å²) in [5.41, 5.74) is 2.38. The Morgan fingerprint density at radius 2 is 1.83 bits per heavy atom. The van der Waals surface area contributed by atoms with Gasteiger partial charge in [0.1, 0.15) is 23.3 Å². The molecule has 1 aromatic heterocycles. The Kier molecular flexibility index (Phi) is 6.62. The van der Waals surface area contributed by atoms with Crippen LogP contribution in [0.3, 0.4) is 0 Å². The van der Waals surface area contributed by atoms with Crippen molar-refractivity contribution >= 4 is 16.9 Å². The summed E-state index contributed by atoms with van der Waals surface area (Å²) in [5, 5.41) is 0.421. The number of hydrogen-bond acceptors (Lipinski definition) is 7. The Balaban J connectivity index is 1.52. The molecular formula is C29H26O7. The number of rotatable bonds is 6. The number of benzene rings is 3. The van der Waals surface area contributed by atoms with E-state index in [2.05, 4.69) is 0 Å². The van der Waals surface area contributed by atoms with E-state index in [-0.39, 0.29) is 5.43 Å². The zero-order valence-corrected chi connectivity index (χ0v) is 20.2. The van der Waals surface area contributed by atoms with Gasteiger partial charge in [-0.15, -0.1) is 0 Å². The Morgan fingerprint density at radius 3 is 2.64 bits per heavy atom. The molecule has 0 amide bonds. The molecule has 4 aromatic rings. The minimum atomic E-state index is -0.517. The number of hydrogen-bond donors (Lipinski definition) is 0. The molecule has 0 unspecified atom stereocenters. The van der Waals surface area contributed by atoms with Gasteiger partial charge < -0.3 is 23.4 Å².